The maximum atomic E-state index is 12.7. The second kappa shape index (κ2) is 5.31. The summed E-state index contributed by atoms with van der Waals surface area (Å²) in [5.74, 6) is 0.496. The van der Waals surface area contributed by atoms with Crippen LogP contribution in [0.1, 0.15) is 5.56 Å². The predicted octanol–water partition coefficient (Wildman–Crippen LogP) is 2.65. The summed E-state index contributed by atoms with van der Waals surface area (Å²) in [6.07, 6.45) is 0.205. The Morgan fingerprint density at radius 3 is 2.00 bits per heavy atom. The fourth-order valence-corrected chi connectivity index (χ4v) is 1.52. The lowest BCUT2D eigenvalue weighted by Gasteiger charge is -2.06. The summed E-state index contributed by atoms with van der Waals surface area (Å²) in [7, 11) is 0. The van der Waals surface area contributed by atoms with Gasteiger partial charge in [-0.1, -0.05) is 12.1 Å². The third kappa shape index (κ3) is 3.31. The summed E-state index contributed by atoms with van der Waals surface area (Å²) >= 11 is 0. The molecule has 0 saturated carbocycles. The van der Waals surface area contributed by atoms with Gasteiger partial charge in [0, 0.05) is 0 Å². The summed E-state index contributed by atoms with van der Waals surface area (Å²) in [5, 5.41) is 0. The highest BCUT2D eigenvalue weighted by molar-refractivity contribution is 5.76. The number of benzene rings is 2. The Labute approximate surface area is 104 Å². The SMILES string of the molecule is NC(=O)Cc1ccc(Oc2ccc(F)cc2)cc1. The van der Waals surface area contributed by atoms with Crippen molar-refractivity contribution in [2.24, 2.45) is 5.73 Å². The molecule has 0 aliphatic carbocycles. The number of primary amides is 1. The van der Waals surface area contributed by atoms with Gasteiger partial charge in [0.25, 0.3) is 0 Å². The number of rotatable bonds is 4. The number of nitrogens with two attached hydrogens (primary N) is 1. The predicted molar refractivity (Wildman–Crippen MR) is 65.8 cm³/mol. The van der Waals surface area contributed by atoms with Gasteiger partial charge in [0.15, 0.2) is 0 Å². The average Bonchev–Trinajstić information content (AvgIpc) is 2.34. The molecule has 2 rings (SSSR count). The first-order valence-electron chi connectivity index (χ1n) is 5.44. The van der Waals surface area contributed by atoms with Crippen molar-refractivity contribution >= 4 is 5.91 Å². The van der Waals surface area contributed by atoms with Crippen molar-refractivity contribution in [2.45, 2.75) is 6.42 Å². The molecule has 92 valence electrons. The highest BCUT2D eigenvalue weighted by Crippen LogP contribution is 2.21. The van der Waals surface area contributed by atoms with Crippen LogP contribution in [-0.4, -0.2) is 5.91 Å². The second-order valence-electron chi connectivity index (χ2n) is 3.84. The summed E-state index contributed by atoms with van der Waals surface area (Å²) in [4.78, 5) is 10.7. The number of carbonyl (C=O) groups excluding carboxylic acids is 1. The van der Waals surface area contributed by atoms with E-state index in [-0.39, 0.29) is 18.1 Å². The van der Waals surface area contributed by atoms with Gasteiger partial charge in [-0.2, -0.15) is 0 Å². The van der Waals surface area contributed by atoms with E-state index in [1.54, 1.807) is 36.4 Å². The molecule has 0 aliphatic rings. The van der Waals surface area contributed by atoms with Crippen molar-refractivity contribution in [1.82, 2.24) is 0 Å². The maximum Gasteiger partial charge on any atom is 0.221 e. The molecule has 2 aromatic rings. The van der Waals surface area contributed by atoms with Crippen LogP contribution in [0.15, 0.2) is 48.5 Å². The Hall–Kier alpha value is -2.36. The number of amides is 1. The van der Waals surface area contributed by atoms with Gasteiger partial charge < -0.3 is 10.5 Å². The molecule has 2 aromatic carbocycles. The molecule has 0 aliphatic heterocycles. The van der Waals surface area contributed by atoms with Gasteiger partial charge in [-0.15, -0.1) is 0 Å². The van der Waals surface area contributed by atoms with Crippen molar-refractivity contribution in [3.8, 4) is 11.5 Å². The lowest BCUT2D eigenvalue weighted by molar-refractivity contribution is -0.117. The van der Waals surface area contributed by atoms with Crippen molar-refractivity contribution < 1.29 is 13.9 Å². The van der Waals surface area contributed by atoms with Gasteiger partial charge in [-0.3, -0.25) is 4.79 Å². The fraction of sp³-hybridized carbons (Fsp3) is 0.0714. The van der Waals surface area contributed by atoms with E-state index in [0.717, 1.165) is 5.56 Å². The van der Waals surface area contributed by atoms with E-state index in [1.807, 2.05) is 0 Å². The maximum absolute atomic E-state index is 12.7. The minimum absolute atomic E-state index is 0.205. The van der Waals surface area contributed by atoms with E-state index < -0.39 is 0 Å². The molecule has 2 N–H and O–H groups in total. The van der Waals surface area contributed by atoms with Crippen LogP contribution in [-0.2, 0) is 11.2 Å². The van der Waals surface area contributed by atoms with E-state index in [4.69, 9.17) is 10.5 Å². The van der Waals surface area contributed by atoms with E-state index in [9.17, 15) is 9.18 Å². The van der Waals surface area contributed by atoms with Crippen molar-refractivity contribution in [2.75, 3.05) is 0 Å². The van der Waals surface area contributed by atoms with Crippen molar-refractivity contribution in [1.29, 1.82) is 0 Å². The standard InChI is InChI=1S/C14H12FNO2/c15-11-3-7-13(8-4-11)18-12-5-1-10(2-6-12)9-14(16)17/h1-8H,9H2,(H2,16,17). The fourth-order valence-electron chi connectivity index (χ4n) is 1.52. The average molecular weight is 245 g/mol. The molecule has 4 heteroatoms. The van der Waals surface area contributed by atoms with Gasteiger partial charge in [0.1, 0.15) is 17.3 Å². The van der Waals surface area contributed by atoms with Gasteiger partial charge >= 0.3 is 0 Å². The Bertz CT molecular complexity index is 535. The molecule has 0 spiro atoms. The normalized spacial score (nSPS) is 10.1. The number of ether oxygens (including phenoxy) is 1. The molecule has 0 radical (unpaired) electrons. The van der Waals surface area contributed by atoms with Crippen molar-refractivity contribution in [3.05, 3.63) is 59.9 Å². The Kier molecular flexibility index (Phi) is 3.57. The molecule has 0 atom stereocenters. The first-order chi connectivity index (χ1) is 8.63. The summed E-state index contributed by atoms with van der Waals surface area (Å²) in [6.45, 7) is 0. The molecule has 0 saturated heterocycles. The molecular formula is C14H12FNO2. The molecule has 0 bridgehead atoms. The Morgan fingerprint density at radius 2 is 1.50 bits per heavy atom. The van der Waals surface area contributed by atoms with Gasteiger partial charge in [0.2, 0.25) is 5.91 Å². The number of hydrogen-bond donors (Lipinski definition) is 1. The van der Waals surface area contributed by atoms with Crippen LogP contribution in [0.4, 0.5) is 4.39 Å². The zero-order chi connectivity index (χ0) is 13.0. The largest absolute Gasteiger partial charge is 0.457 e. The highest BCUT2D eigenvalue weighted by Gasteiger charge is 2.00. The Morgan fingerprint density at radius 1 is 1.00 bits per heavy atom. The van der Waals surface area contributed by atoms with Gasteiger partial charge in [-0.25, -0.2) is 4.39 Å². The van der Waals surface area contributed by atoms with Crippen LogP contribution in [0.5, 0.6) is 11.5 Å². The summed E-state index contributed by atoms with van der Waals surface area (Å²) in [5.41, 5.74) is 5.92. The van der Waals surface area contributed by atoms with Crippen LogP contribution >= 0.6 is 0 Å². The first kappa shape index (κ1) is 12.1. The minimum Gasteiger partial charge on any atom is -0.457 e. The summed E-state index contributed by atoms with van der Waals surface area (Å²) in [6, 6.07) is 12.8. The molecule has 3 nitrogen and oxygen atoms in total. The molecular weight excluding hydrogens is 233 g/mol. The second-order valence-corrected chi connectivity index (χ2v) is 3.84. The zero-order valence-corrected chi connectivity index (χ0v) is 9.60. The van der Waals surface area contributed by atoms with E-state index in [1.165, 1.54) is 12.1 Å². The molecule has 1 amide bonds. The van der Waals surface area contributed by atoms with Crippen molar-refractivity contribution in [3.63, 3.8) is 0 Å². The lowest BCUT2D eigenvalue weighted by Crippen LogP contribution is -2.13. The van der Waals surface area contributed by atoms with E-state index >= 15 is 0 Å². The van der Waals surface area contributed by atoms with Crippen LogP contribution in [0.25, 0.3) is 0 Å². The monoisotopic (exact) mass is 245 g/mol. The number of carbonyl (C=O) groups is 1. The van der Waals surface area contributed by atoms with Crippen LogP contribution in [0.2, 0.25) is 0 Å². The summed E-state index contributed by atoms with van der Waals surface area (Å²) < 4.78 is 18.2. The number of halogens is 1. The smallest absolute Gasteiger partial charge is 0.221 e. The van der Waals surface area contributed by atoms with Gasteiger partial charge in [0.05, 0.1) is 6.42 Å². The molecule has 0 aromatic heterocycles. The third-order valence-corrected chi connectivity index (χ3v) is 2.35. The third-order valence-electron chi connectivity index (χ3n) is 2.35. The Balaban J connectivity index is 2.06. The van der Waals surface area contributed by atoms with Crippen LogP contribution in [0, 0.1) is 5.82 Å². The van der Waals surface area contributed by atoms with Crippen LogP contribution in [0.3, 0.4) is 0 Å². The quantitative estimate of drug-likeness (QED) is 0.900. The topological polar surface area (TPSA) is 52.3 Å². The molecule has 0 heterocycles. The minimum atomic E-state index is -0.373. The molecule has 0 unspecified atom stereocenters. The molecule has 0 fully saturated rings. The number of hydrogen-bond acceptors (Lipinski definition) is 2. The molecule has 18 heavy (non-hydrogen) atoms. The lowest BCUT2D eigenvalue weighted by atomic mass is 10.1. The van der Waals surface area contributed by atoms with Crippen LogP contribution < -0.4 is 10.5 Å². The van der Waals surface area contributed by atoms with Gasteiger partial charge in [-0.05, 0) is 42.0 Å². The van der Waals surface area contributed by atoms with E-state index in [2.05, 4.69) is 0 Å². The highest BCUT2D eigenvalue weighted by atomic mass is 19.1. The van der Waals surface area contributed by atoms with E-state index in [0.29, 0.717) is 11.5 Å². The zero-order valence-electron chi connectivity index (χ0n) is 9.60. The first-order valence-corrected chi connectivity index (χ1v) is 5.44.